The maximum absolute atomic E-state index is 13.7. The van der Waals surface area contributed by atoms with Crippen LogP contribution in [-0.2, 0) is 4.74 Å². The van der Waals surface area contributed by atoms with E-state index in [-0.39, 0.29) is 11.5 Å². The van der Waals surface area contributed by atoms with E-state index in [4.69, 9.17) is 4.74 Å². The zero-order valence-electron chi connectivity index (χ0n) is 12.5. The summed E-state index contributed by atoms with van der Waals surface area (Å²) in [5.41, 5.74) is -1.54. The van der Waals surface area contributed by atoms with Crippen molar-refractivity contribution >= 4 is 5.91 Å². The molecule has 0 unspecified atom stereocenters. The number of benzene rings is 1. The molecule has 0 aliphatic heterocycles. The number of nitrogens with one attached hydrogen (secondary N) is 1. The van der Waals surface area contributed by atoms with Crippen molar-refractivity contribution in [3.63, 3.8) is 0 Å². The van der Waals surface area contributed by atoms with Gasteiger partial charge >= 0.3 is 0 Å². The fourth-order valence-corrected chi connectivity index (χ4v) is 2.70. The van der Waals surface area contributed by atoms with E-state index in [1.54, 1.807) is 7.11 Å². The Kier molecular flexibility index (Phi) is 3.70. The van der Waals surface area contributed by atoms with Crippen molar-refractivity contribution in [1.82, 2.24) is 5.32 Å². The predicted molar refractivity (Wildman–Crippen MR) is 73.1 cm³/mol. The lowest BCUT2D eigenvalue weighted by molar-refractivity contribution is -0.177. The number of carbonyl (C=O) groups is 1. The second kappa shape index (κ2) is 4.94. The Morgan fingerprint density at radius 3 is 2.52 bits per heavy atom. The zero-order valence-corrected chi connectivity index (χ0v) is 12.5. The van der Waals surface area contributed by atoms with E-state index in [0.717, 1.165) is 12.1 Å². The third-order valence-electron chi connectivity index (χ3n) is 4.88. The molecule has 1 aliphatic carbocycles. The van der Waals surface area contributed by atoms with Crippen LogP contribution in [-0.4, -0.2) is 29.8 Å². The average molecular weight is 299 g/mol. The van der Waals surface area contributed by atoms with E-state index in [1.807, 2.05) is 20.8 Å². The summed E-state index contributed by atoms with van der Waals surface area (Å²) < 4.78 is 32.8. The van der Waals surface area contributed by atoms with Gasteiger partial charge in [0.1, 0.15) is 11.4 Å². The summed E-state index contributed by atoms with van der Waals surface area (Å²) in [6.07, 6.45) is 0.546. The van der Waals surface area contributed by atoms with Crippen molar-refractivity contribution in [2.24, 2.45) is 5.41 Å². The smallest absolute Gasteiger partial charge is 0.257 e. The number of halogens is 2. The second-order valence-corrected chi connectivity index (χ2v) is 6.14. The average Bonchev–Trinajstić information content (AvgIpc) is 2.42. The summed E-state index contributed by atoms with van der Waals surface area (Å²) in [5, 5.41) is 11.9. The summed E-state index contributed by atoms with van der Waals surface area (Å²) in [4.78, 5) is 12.1. The van der Waals surface area contributed by atoms with Crippen molar-refractivity contribution in [2.45, 2.75) is 38.8 Å². The lowest BCUT2D eigenvalue weighted by Gasteiger charge is -2.59. The molecule has 1 saturated carbocycles. The van der Waals surface area contributed by atoms with Gasteiger partial charge in [-0.3, -0.25) is 4.79 Å². The molecule has 0 heterocycles. The first-order chi connectivity index (χ1) is 9.64. The molecule has 1 fully saturated rings. The quantitative estimate of drug-likeness (QED) is 0.902. The molecule has 0 saturated heterocycles. The van der Waals surface area contributed by atoms with Crippen LogP contribution < -0.4 is 5.32 Å². The van der Waals surface area contributed by atoms with E-state index in [0.29, 0.717) is 6.42 Å². The number of ether oxygens (including phenoxy) is 1. The van der Waals surface area contributed by atoms with E-state index in [9.17, 15) is 18.7 Å². The molecule has 0 spiro atoms. The van der Waals surface area contributed by atoms with Crippen molar-refractivity contribution in [1.29, 1.82) is 0 Å². The lowest BCUT2D eigenvalue weighted by Crippen LogP contribution is -2.68. The van der Waals surface area contributed by atoms with Crippen LogP contribution >= 0.6 is 0 Å². The van der Waals surface area contributed by atoms with Gasteiger partial charge in [0.15, 0.2) is 11.6 Å². The number of rotatable bonds is 3. The molecule has 6 heteroatoms. The van der Waals surface area contributed by atoms with Crippen LogP contribution in [0.25, 0.3) is 0 Å². The number of amides is 1. The SMILES string of the molecule is CO[C@]1(C)C[C@@H](NC(=O)c2c(F)ccc(O)c2F)C1(C)C. The molecule has 1 aromatic carbocycles. The first kappa shape index (κ1) is 15.7. The number of carbonyl (C=O) groups excluding carboxylic acids is 1. The Balaban J connectivity index is 2.20. The van der Waals surface area contributed by atoms with E-state index in [1.165, 1.54) is 0 Å². The first-order valence-corrected chi connectivity index (χ1v) is 6.67. The Hall–Kier alpha value is -1.69. The third kappa shape index (κ3) is 2.27. The lowest BCUT2D eigenvalue weighted by atomic mass is 9.56. The Bertz CT molecular complexity index is 589. The van der Waals surface area contributed by atoms with Crippen molar-refractivity contribution in [3.8, 4) is 5.75 Å². The van der Waals surface area contributed by atoms with Crippen molar-refractivity contribution in [2.75, 3.05) is 7.11 Å². The summed E-state index contributed by atoms with van der Waals surface area (Å²) in [7, 11) is 1.59. The van der Waals surface area contributed by atoms with Gasteiger partial charge in [0.25, 0.3) is 5.91 Å². The van der Waals surface area contributed by atoms with Gasteiger partial charge < -0.3 is 15.2 Å². The van der Waals surface area contributed by atoms with Crippen LogP contribution in [0.1, 0.15) is 37.6 Å². The van der Waals surface area contributed by atoms with Crippen LogP contribution in [0, 0.1) is 17.0 Å². The first-order valence-electron chi connectivity index (χ1n) is 6.67. The second-order valence-electron chi connectivity index (χ2n) is 6.14. The minimum atomic E-state index is -1.25. The van der Waals surface area contributed by atoms with E-state index >= 15 is 0 Å². The number of aromatic hydroxyl groups is 1. The molecule has 1 amide bonds. The van der Waals surface area contributed by atoms with E-state index in [2.05, 4.69) is 5.32 Å². The maximum Gasteiger partial charge on any atom is 0.257 e. The number of hydrogen-bond donors (Lipinski definition) is 2. The number of phenolic OH excluding ortho intramolecular Hbond substituents is 1. The molecule has 2 rings (SSSR count). The highest BCUT2D eigenvalue weighted by Crippen LogP contribution is 2.51. The van der Waals surface area contributed by atoms with Crippen LogP contribution in [0.4, 0.5) is 8.78 Å². The van der Waals surface area contributed by atoms with Gasteiger partial charge in [0, 0.05) is 18.6 Å². The number of phenols is 1. The van der Waals surface area contributed by atoms with Crippen molar-refractivity contribution < 1.29 is 23.4 Å². The molecule has 116 valence electrons. The van der Waals surface area contributed by atoms with Crippen LogP contribution in [0.2, 0.25) is 0 Å². The monoisotopic (exact) mass is 299 g/mol. The highest BCUT2D eigenvalue weighted by Gasteiger charge is 2.58. The molecule has 2 N–H and O–H groups in total. The predicted octanol–water partition coefficient (Wildman–Crippen LogP) is 2.60. The fraction of sp³-hybridized carbons (Fsp3) is 0.533. The standard InChI is InChI=1S/C15H19F2NO3/c1-14(2)10(7-15(14,3)21-4)18-13(20)11-8(16)5-6-9(19)12(11)17/h5-6,10,19H,7H2,1-4H3,(H,18,20)/t10-,15-/m1/s1. The van der Waals surface area contributed by atoms with Gasteiger partial charge in [0.05, 0.1) is 5.60 Å². The number of hydrogen-bond acceptors (Lipinski definition) is 3. The fourth-order valence-electron chi connectivity index (χ4n) is 2.70. The van der Waals surface area contributed by atoms with Crippen molar-refractivity contribution in [3.05, 3.63) is 29.3 Å². The van der Waals surface area contributed by atoms with Crippen LogP contribution in [0.15, 0.2) is 12.1 Å². The highest BCUT2D eigenvalue weighted by molar-refractivity contribution is 5.95. The highest BCUT2D eigenvalue weighted by atomic mass is 19.1. The molecule has 0 radical (unpaired) electrons. The molecule has 21 heavy (non-hydrogen) atoms. The Morgan fingerprint density at radius 2 is 2.00 bits per heavy atom. The summed E-state index contributed by atoms with van der Waals surface area (Å²) in [6, 6.07) is 1.46. The van der Waals surface area contributed by atoms with Gasteiger partial charge in [-0.05, 0) is 25.5 Å². The summed E-state index contributed by atoms with van der Waals surface area (Å²) in [5.74, 6) is -3.89. The Labute approximate surface area is 122 Å². The van der Waals surface area contributed by atoms with Crippen LogP contribution in [0.3, 0.4) is 0 Å². The Morgan fingerprint density at radius 1 is 1.38 bits per heavy atom. The molecular formula is C15H19F2NO3. The molecule has 2 atom stereocenters. The largest absolute Gasteiger partial charge is 0.505 e. The van der Waals surface area contributed by atoms with Gasteiger partial charge in [0.2, 0.25) is 0 Å². The van der Waals surface area contributed by atoms with Gasteiger partial charge in [-0.2, -0.15) is 0 Å². The number of methoxy groups -OCH3 is 1. The summed E-state index contributed by atoms with van der Waals surface area (Å²) >= 11 is 0. The topological polar surface area (TPSA) is 58.6 Å². The van der Waals surface area contributed by atoms with Crippen LogP contribution in [0.5, 0.6) is 5.75 Å². The minimum Gasteiger partial charge on any atom is -0.505 e. The normalized spacial score (nSPS) is 27.0. The van der Waals surface area contributed by atoms with Gasteiger partial charge in [-0.15, -0.1) is 0 Å². The molecular weight excluding hydrogens is 280 g/mol. The molecule has 0 aromatic heterocycles. The summed E-state index contributed by atoms with van der Waals surface area (Å²) in [6.45, 7) is 5.76. The maximum atomic E-state index is 13.7. The van der Waals surface area contributed by atoms with E-state index < -0.39 is 34.5 Å². The zero-order chi connectivity index (χ0) is 16.0. The third-order valence-corrected chi connectivity index (χ3v) is 4.88. The molecule has 1 aromatic rings. The molecule has 1 aliphatic rings. The van der Waals surface area contributed by atoms with Gasteiger partial charge in [-0.25, -0.2) is 8.78 Å². The van der Waals surface area contributed by atoms with Gasteiger partial charge in [-0.1, -0.05) is 13.8 Å². The molecule has 0 bridgehead atoms. The molecule has 4 nitrogen and oxygen atoms in total. The minimum absolute atomic E-state index is 0.268.